The molecule has 1 aromatic heterocycles. The molecule has 0 spiro atoms. The van der Waals surface area contributed by atoms with Gasteiger partial charge in [0.05, 0.1) is 26.4 Å². The maximum absolute atomic E-state index is 14.7. The van der Waals surface area contributed by atoms with Crippen LogP contribution < -0.4 is 40.2 Å². The molecule has 1 aliphatic carbocycles. The molecule has 2 atom stereocenters. The number of ether oxygens (including phenoxy) is 4. The van der Waals surface area contributed by atoms with Crippen LogP contribution in [-0.4, -0.2) is 77.3 Å². The molecule has 10 rings (SSSR count). The second kappa shape index (κ2) is 27.5. The Morgan fingerprint density at radius 2 is 0.732 bits per heavy atom. The Kier molecular flexibility index (Phi) is 19.4. The van der Waals surface area contributed by atoms with Crippen molar-refractivity contribution in [3.05, 3.63) is 206 Å². The molecular weight excluding hydrogens is 1030 g/mol. The standard InChI is InChI=1S/C67H73N5O10/c1-5-26-79-60-46-12-9-13-47(60)37-51-31-45-33-53(63(51)82-29-8-4)39-49-15-10-14-48(61(49)80-27-6-2)38-52-32-44(30-50(36-46)62(52)81-28-7-3)40-68-64(75)58(34-42-18-22-54(73)23-19-42)71-66(77)56-16-11-17-57(70-56)67(78)72-59(65(76)69-41-45)35-43-20-24-55(74)25-21-43/h9-25,30-33,58-59,73-74H,5-8,26-29,34-41H2,1-4H3,(H,68,75)(H,69,76)(H,71,77)(H,72,78). The molecule has 3 aliphatic rings. The molecule has 15 nitrogen and oxygen atoms in total. The summed E-state index contributed by atoms with van der Waals surface area (Å²) in [5.74, 6) is 0.692. The number of carbonyl (C=O) groups excluding carboxylic acids is 4. The minimum Gasteiger partial charge on any atom is -0.508 e. The Morgan fingerprint density at radius 3 is 1.05 bits per heavy atom. The number of phenolic OH excluding ortho intramolecular Hbond substituents is 2. The molecular formula is C67H73N5O10. The molecule has 2 unspecified atom stereocenters. The van der Waals surface area contributed by atoms with Crippen LogP contribution in [0.5, 0.6) is 34.5 Å². The topological polar surface area (TPSA) is 207 Å². The zero-order chi connectivity index (χ0) is 57.5. The van der Waals surface area contributed by atoms with Crippen LogP contribution in [-0.2, 0) is 61.2 Å². The van der Waals surface area contributed by atoms with E-state index in [9.17, 15) is 29.4 Å². The summed E-state index contributed by atoms with van der Waals surface area (Å²) < 4.78 is 27.2. The summed E-state index contributed by atoms with van der Waals surface area (Å²) in [6.07, 6.45) is 4.87. The van der Waals surface area contributed by atoms with E-state index in [-0.39, 0.29) is 48.8 Å². The van der Waals surface area contributed by atoms with E-state index in [0.717, 1.165) is 104 Å². The molecule has 0 saturated heterocycles. The predicted molar refractivity (Wildman–Crippen MR) is 314 cm³/mol. The highest BCUT2D eigenvalue weighted by Crippen LogP contribution is 2.40. The first-order chi connectivity index (χ1) is 39.9. The van der Waals surface area contributed by atoms with E-state index in [1.807, 2.05) is 0 Å². The van der Waals surface area contributed by atoms with Gasteiger partial charge in [0.25, 0.3) is 11.8 Å². The quantitative estimate of drug-likeness (QED) is 0.0537. The Hall–Kier alpha value is -8.85. The number of hydrogen-bond acceptors (Lipinski definition) is 11. The van der Waals surface area contributed by atoms with Crippen molar-refractivity contribution in [3.8, 4) is 34.5 Å². The number of hydrogen-bond donors (Lipinski definition) is 6. The minimum absolute atomic E-state index is 0.0472. The van der Waals surface area contributed by atoms with Gasteiger partial charge >= 0.3 is 0 Å². The Labute approximate surface area is 479 Å². The minimum atomic E-state index is -1.14. The first-order valence-electron chi connectivity index (χ1n) is 28.6. The number of para-hydroxylation sites is 2. The highest BCUT2D eigenvalue weighted by atomic mass is 16.5. The third-order valence-electron chi connectivity index (χ3n) is 14.4. The van der Waals surface area contributed by atoms with Crippen LogP contribution in [0.3, 0.4) is 0 Å². The number of phenols is 2. The molecule has 0 fully saturated rings. The lowest BCUT2D eigenvalue weighted by molar-refractivity contribution is -0.123. The van der Waals surface area contributed by atoms with Crippen molar-refractivity contribution in [1.29, 1.82) is 0 Å². The molecule has 6 aromatic carbocycles. The summed E-state index contributed by atoms with van der Waals surface area (Å²) in [7, 11) is 0. The third kappa shape index (κ3) is 14.5. The number of aromatic hydroxyl groups is 2. The van der Waals surface area contributed by atoms with Gasteiger partial charge in [0.2, 0.25) is 11.8 Å². The van der Waals surface area contributed by atoms with Gasteiger partial charge in [0.15, 0.2) is 0 Å². The summed E-state index contributed by atoms with van der Waals surface area (Å²) in [5, 5.41) is 32.3. The molecule has 2 aliphatic heterocycles. The number of pyridine rings is 1. The first-order valence-corrected chi connectivity index (χ1v) is 28.6. The van der Waals surface area contributed by atoms with Gasteiger partial charge in [0.1, 0.15) is 58.0 Å². The fraction of sp³-hybridized carbons (Fsp3) is 0.328. The van der Waals surface area contributed by atoms with Crippen molar-refractivity contribution < 1.29 is 48.3 Å². The first kappa shape index (κ1) is 57.8. The number of benzene rings is 6. The fourth-order valence-electron chi connectivity index (χ4n) is 10.5. The number of amides is 4. The van der Waals surface area contributed by atoms with E-state index in [4.69, 9.17) is 18.9 Å². The third-order valence-corrected chi connectivity index (χ3v) is 14.4. The van der Waals surface area contributed by atoms with Crippen molar-refractivity contribution in [2.75, 3.05) is 26.4 Å². The molecule has 0 radical (unpaired) electrons. The largest absolute Gasteiger partial charge is 0.508 e. The molecule has 426 valence electrons. The summed E-state index contributed by atoms with van der Waals surface area (Å²) in [6.45, 7) is 10.4. The van der Waals surface area contributed by atoms with Crippen LogP contribution in [0.2, 0.25) is 0 Å². The van der Waals surface area contributed by atoms with Crippen LogP contribution in [0.1, 0.15) is 141 Å². The van der Waals surface area contributed by atoms with E-state index in [1.165, 1.54) is 42.5 Å². The SMILES string of the molecule is CCCOc1c2cccc1Cc1cc3cc(c1OCCC)Cc1cccc(c1OCCC)Cc1cc(cc(c1OCCC)C2)CNC(=O)C(Cc1ccc(O)cc1)NC(=O)c1cccc(n1)C(=O)NC(Cc1ccc(O)cc1)C(=O)NC3. The summed E-state index contributed by atoms with van der Waals surface area (Å²) in [6, 6.07) is 35.7. The second-order valence-corrected chi connectivity index (χ2v) is 21.0. The number of nitrogens with zero attached hydrogens (tertiary/aromatic N) is 1. The van der Waals surface area contributed by atoms with Gasteiger partial charge in [-0.2, -0.15) is 0 Å². The molecule has 6 N–H and O–H groups in total. The van der Waals surface area contributed by atoms with Gasteiger partial charge in [0, 0.05) is 51.6 Å². The summed E-state index contributed by atoms with van der Waals surface area (Å²) in [4.78, 5) is 62.5. The maximum Gasteiger partial charge on any atom is 0.270 e. The number of fused-ring (bicyclic) bond motifs is 10. The molecule has 15 heteroatoms. The van der Waals surface area contributed by atoms with E-state index >= 15 is 0 Å². The second-order valence-electron chi connectivity index (χ2n) is 21.0. The van der Waals surface area contributed by atoms with E-state index < -0.39 is 35.7 Å². The van der Waals surface area contributed by atoms with Gasteiger partial charge in [-0.3, -0.25) is 19.2 Å². The van der Waals surface area contributed by atoms with E-state index in [0.29, 0.717) is 63.2 Å². The summed E-state index contributed by atoms with van der Waals surface area (Å²) >= 11 is 0. The van der Waals surface area contributed by atoms with Crippen LogP contribution in [0, 0.1) is 0 Å². The molecule has 3 heterocycles. The number of aromatic nitrogens is 1. The molecule has 7 aromatic rings. The van der Waals surface area contributed by atoms with Gasteiger partial charge < -0.3 is 50.4 Å². The smallest absolute Gasteiger partial charge is 0.270 e. The van der Waals surface area contributed by atoms with Crippen LogP contribution in [0.15, 0.2) is 127 Å². The molecule has 82 heavy (non-hydrogen) atoms. The fourth-order valence-corrected chi connectivity index (χ4v) is 10.5. The van der Waals surface area contributed by atoms with Crippen molar-refractivity contribution in [3.63, 3.8) is 0 Å². The number of nitrogens with one attached hydrogen (secondary N) is 4. The van der Waals surface area contributed by atoms with Crippen molar-refractivity contribution in [2.24, 2.45) is 0 Å². The Bertz CT molecular complexity index is 3090. The number of carbonyl (C=O) groups is 4. The Morgan fingerprint density at radius 1 is 0.427 bits per heavy atom. The van der Waals surface area contributed by atoms with Crippen molar-refractivity contribution in [1.82, 2.24) is 26.3 Å². The van der Waals surface area contributed by atoms with Gasteiger partial charge in [-0.05, 0) is 153 Å². The monoisotopic (exact) mass is 1110 g/mol. The zero-order valence-corrected chi connectivity index (χ0v) is 47.2. The van der Waals surface area contributed by atoms with Gasteiger partial charge in [-0.25, -0.2) is 4.98 Å². The summed E-state index contributed by atoms with van der Waals surface area (Å²) in [5.41, 5.74) is 10.0. The van der Waals surface area contributed by atoms with Crippen LogP contribution >= 0.6 is 0 Å². The predicted octanol–water partition coefficient (Wildman–Crippen LogP) is 9.95. The van der Waals surface area contributed by atoms with Gasteiger partial charge in [-0.1, -0.05) is 94.4 Å². The lowest BCUT2D eigenvalue weighted by Crippen LogP contribution is -2.48. The average molecular weight is 1110 g/mol. The normalized spacial score (nSPS) is 15.6. The molecule has 12 bridgehead atoms. The number of rotatable bonds is 16. The van der Waals surface area contributed by atoms with E-state index in [2.05, 4.69) is 115 Å². The lowest BCUT2D eigenvalue weighted by Gasteiger charge is -2.24. The van der Waals surface area contributed by atoms with Crippen LogP contribution in [0.4, 0.5) is 0 Å². The van der Waals surface area contributed by atoms with E-state index in [1.54, 1.807) is 24.3 Å². The highest BCUT2D eigenvalue weighted by molar-refractivity contribution is 5.99. The van der Waals surface area contributed by atoms with Crippen molar-refractivity contribution in [2.45, 2.75) is 117 Å². The molecule has 0 saturated carbocycles. The zero-order valence-electron chi connectivity index (χ0n) is 47.2. The van der Waals surface area contributed by atoms with Crippen LogP contribution in [0.25, 0.3) is 0 Å². The van der Waals surface area contributed by atoms with Crippen molar-refractivity contribution >= 4 is 23.6 Å². The lowest BCUT2D eigenvalue weighted by atomic mass is 9.89. The molecule has 4 amide bonds. The van der Waals surface area contributed by atoms with Gasteiger partial charge in [-0.15, -0.1) is 0 Å². The highest BCUT2D eigenvalue weighted by Gasteiger charge is 2.28. The Balaban J connectivity index is 1.26. The average Bonchev–Trinajstić information content (AvgIpc) is 3.60. The maximum atomic E-state index is 14.7.